The molecule has 0 unspecified atom stereocenters. The van der Waals surface area contributed by atoms with E-state index in [0.717, 1.165) is 12.8 Å². The lowest BCUT2D eigenvalue weighted by Crippen LogP contribution is -2.33. The Bertz CT molecular complexity index is 542. The third-order valence-corrected chi connectivity index (χ3v) is 4.10. The van der Waals surface area contributed by atoms with Crippen molar-refractivity contribution < 1.29 is 14.3 Å². The summed E-state index contributed by atoms with van der Waals surface area (Å²) in [6, 6.07) is 5.20. The van der Waals surface area contributed by atoms with Crippen LogP contribution in [0.15, 0.2) is 18.2 Å². The Hall–Kier alpha value is -1.75. The van der Waals surface area contributed by atoms with Crippen LogP contribution in [0.2, 0.25) is 5.02 Å². The molecule has 0 heterocycles. The van der Waals surface area contributed by atoms with Crippen LogP contribution in [0.3, 0.4) is 0 Å². The van der Waals surface area contributed by atoms with Crippen LogP contribution >= 0.6 is 11.6 Å². The fourth-order valence-corrected chi connectivity index (χ4v) is 2.77. The van der Waals surface area contributed by atoms with E-state index in [2.05, 4.69) is 15.4 Å². The van der Waals surface area contributed by atoms with Gasteiger partial charge in [0.1, 0.15) is 0 Å². The molecular formula is C16H21ClN2O3. The van der Waals surface area contributed by atoms with Gasteiger partial charge in [0.15, 0.2) is 0 Å². The van der Waals surface area contributed by atoms with Gasteiger partial charge in [-0.3, -0.25) is 4.79 Å². The predicted octanol–water partition coefficient (Wildman–Crippen LogP) is 2.99. The molecule has 1 saturated carbocycles. The van der Waals surface area contributed by atoms with Crippen LogP contribution in [0.5, 0.6) is 0 Å². The third kappa shape index (κ3) is 4.63. The highest BCUT2D eigenvalue weighted by atomic mass is 35.5. The molecule has 1 amide bonds. The number of amides is 1. The second-order valence-electron chi connectivity index (χ2n) is 5.41. The van der Waals surface area contributed by atoms with Crippen molar-refractivity contribution in [1.82, 2.24) is 5.32 Å². The fourth-order valence-electron chi connectivity index (χ4n) is 2.59. The van der Waals surface area contributed by atoms with E-state index in [1.807, 2.05) is 0 Å². The SMILES string of the molecule is COC(=O)c1ccc(Cl)c(NCCC(=O)NC2CCCC2)c1. The first-order valence-corrected chi connectivity index (χ1v) is 7.89. The van der Waals surface area contributed by atoms with Gasteiger partial charge < -0.3 is 15.4 Å². The molecule has 0 radical (unpaired) electrons. The number of hydrogen-bond acceptors (Lipinski definition) is 4. The molecule has 1 aliphatic rings. The van der Waals surface area contributed by atoms with Crippen molar-refractivity contribution in [2.24, 2.45) is 0 Å². The Morgan fingerprint density at radius 3 is 2.73 bits per heavy atom. The summed E-state index contributed by atoms with van der Waals surface area (Å²) in [5, 5.41) is 6.62. The lowest BCUT2D eigenvalue weighted by Gasteiger charge is -2.13. The summed E-state index contributed by atoms with van der Waals surface area (Å²) < 4.78 is 4.67. The maximum atomic E-state index is 11.8. The van der Waals surface area contributed by atoms with Crippen LogP contribution in [0, 0.1) is 0 Å². The number of rotatable bonds is 6. The lowest BCUT2D eigenvalue weighted by molar-refractivity contribution is -0.121. The highest BCUT2D eigenvalue weighted by Crippen LogP contribution is 2.23. The van der Waals surface area contributed by atoms with Crippen LogP contribution in [0.25, 0.3) is 0 Å². The number of carbonyl (C=O) groups excluding carboxylic acids is 2. The molecule has 6 heteroatoms. The minimum Gasteiger partial charge on any atom is -0.465 e. The van der Waals surface area contributed by atoms with Gasteiger partial charge in [0.25, 0.3) is 0 Å². The monoisotopic (exact) mass is 324 g/mol. The number of esters is 1. The molecule has 5 nitrogen and oxygen atoms in total. The first-order valence-electron chi connectivity index (χ1n) is 7.51. The summed E-state index contributed by atoms with van der Waals surface area (Å²) in [6.45, 7) is 0.461. The Kier molecular flexibility index (Phi) is 6.07. The predicted molar refractivity (Wildman–Crippen MR) is 86.3 cm³/mol. The molecule has 2 rings (SSSR count). The number of benzene rings is 1. The van der Waals surface area contributed by atoms with E-state index in [0.29, 0.717) is 35.3 Å². The van der Waals surface area contributed by atoms with Crippen LogP contribution in [0.1, 0.15) is 42.5 Å². The summed E-state index contributed by atoms with van der Waals surface area (Å²) in [4.78, 5) is 23.3. The number of halogens is 1. The first-order chi connectivity index (χ1) is 10.6. The molecule has 0 atom stereocenters. The smallest absolute Gasteiger partial charge is 0.337 e. The van der Waals surface area contributed by atoms with E-state index in [9.17, 15) is 9.59 Å². The second kappa shape index (κ2) is 8.03. The Morgan fingerprint density at radius 1 is 1.32 bits per heavy atom. The van der Waals surface area contributed by atoms with E-state index >= 15 is 0 Å². The van der Waals surface area contributed by atoms with Crippen molar-refractivity contribution >= 4 is 29.2 Å². The van der Waals surface area contributed by atoms with Gasteiger partial charge in [-0.15, -0.1) is 0 Å². The topological polar surface area (TPSA) is 67.4 Å². The van der Waals surface area contributed by atoms with Gasteiger partial charge in [0.05, 0.1) is 23.4 Å². The van der Waals surface area contributed by atoms with Gasteiger partial charge in [-0.1, -0.05) is 24.4 Å². The van der Waals surface area contributed by atoms with Crippen LogP contribution in [0.4, 0.5) is 5.69 Å². The van der Waals surface area contributed by atoms with Crippen molar-refractivity contribution in [3.63, 3.8) is 0 Å². The van der Waals surface area contributed by atoms with Gasteiger partial charge in [0.2, 0.25) is 5.91 Å². The largest absolute Gasteiger partial charge is 0.465 e. The zero-order valence-electron chi connectivity index (χ0n) is 12.7. The summed E-state index contributed by atoms with van der Waals surface area (Å²) in [5.74, 6) is -0.377. The van der Waals surface area contributed by atoms with E-state index in [1.54, 1.807) is 18.2 Å². The quantitative estimate of drug-likeness (QED) is 0.789. The molecule has 2 N–H and O–H groups in total. The van der Waals surface area contributed by atoms with Crippen LogP contribution in [-0.2, 0) is 9.53 Å². The van der Waals surface area contributed by atoms with Crippen molar-refractivity contribution in [2.75, 3.05) is 19.0 Å². The highest BCUT2D eigenvalue weighted by Gasteiger charge is 2.16. The summed E-state index contributed by atoms with van der Waals surface area (Å²) in [7, 11) is 1.33. The van der Waals surface area contributed by atoms with Crippen molar-refractivity contribution in [2.45, 2.75) is 38.1 Å². The van der Waals surface area contributed by atoms with Crippen molar-refractivity contribution in [1.29, 1.82) is 0 Å². The molecule has 0 aliphatic heterocycles. The average Bonchev–Trinajstić information content (AvgIpc) is 3.01. The Balaban J connectivity index is 1.82. The van der Waals surface area contributed by atoms with E-state index in [1.165, 1.54) is 20.0 Å². The number of hydrogen-bond donors (Lipinski definition) is 2. The number of anilines is 1. The van der Waals surface area contributed by atoms with Crippen LogP contribution < -0.4 is 10.6 Å². The molecular weight excluding hydrogens is 304 g/mol. The number of carbonyl (C=O) groups is 2. The molecule has 0 spiro atoms. The third-order valence-electron chi connectivity index (χ3n) is 3.78. The van der Waals surface area contributed by atoms with Crippen molar-refractivity contribution in [3.8, 4) is 0 Å². The molecule has 1 aromatic carbocycles. The Labute approximate surface area is 135 Å². The average molecular weight is 325 g/mol. The van der Waals surface area contributed by atoms with Gasteiger partial charge >= 0.3 is 5.97 Å². The number of methoxy groups -OCH3 is 1. The molecule has 1 aromatic rings. The standard InChI is InChI=1S/C16H21ClN2O3/c1-22-16(21)11-6-7-13(17)14(10-11)18-9-8-15(20)19-12-4-2-3-5-12/h6-7,10,12,18H,2-5,8-9H2,1H3,(H,19,20). The summed E-state index contributed by atoms with van der Waals surface area (Å²) in [5.41, 5.74) is 1.04. The van der Waals surface area contributed by atoms with E-state index in [-0.39, 0.29) is 5.91 Å². The van der Waals surface area contributed by atoms with Gasteiger partial charge in [0, 0.05) is 19.0 Å². The first kappa shape index (κ1) is 16.6. The van der Waals surface area contributed by atoms with E-state index in [4.69, 9.17) is 11.6 Å². The number of ether oxygens (including phenoxy) is 1. The molecule has 22 heavy (non-hydrogen) atoms. The normalized spacial score (nSPS) is 14.6. The summed E-state index contributed by atoms with van der Waals surface area (Å²) >= 11 is 6.08. The Morgan fingerprint density at radius 2 is 2.05 bits per heavy atom. The van der Waals surface area contributed by atoms with Gasteiger partial charge in [-0.2, -0.15) is 0 Å². The molecule has 1 aliphatic carbocycles. The van der Waals surface area contributed by atoms with E-state index < -0.39 is 5.97 Å². The minimum atomic E-state index is -0.418. The molecule has 120 valence electrons. The zero-order valence-corrected chi connectivity index (χ0v) is 13.4. The minimum absolute atomic E-state index is 0.0413. The second-order valence-corrected chi connectivity index (χ2v) is 5.82. The summed E-state index contributed by atoms with van der Waals surface area (Å²) in [6.07, 6.45) is 4.91. The van der Waals surface area contributed by atoms with Gasteiger partial charge in [-0.25, -0.2) is 4.79 Å². The molecule has 0 saturated heterocycles. The molecule has 1 fully saturated rings. The molecule has 0 aromatic heterocycles. The van der Waals surface area contributed by atoms with Gasteiger partial charge in [-0.05, 0) is 31.0 Å². The lowest BCUT2D eigenvalue weighted by atomic mass is 10.2. The zero-order chi connectivity index (χ0) is 15.9. The highest BCUT2D eigenvalue weighted by molar-refractivity contribution is 6.33. The number of nitrogens with one attached hydrogen (secondary N) is 2. The van der Waals surface area contributed by atoms with Crippen molar-refractivity contribution in [3.05, 3.63) is 28.8 Å². The maximum Gasteiger partial charge on any atom is 0.337 e. The van der Waals surface area contributed by atoms with Crippen LogP contribution in [-0.4, -0.2) is 31.6 Å². The molecule has 0 bridgehead atoms. The maximum absolute atomic E-state index is 11.8. The fraction of sp³-hybridized carbons (Fsp3) is 0.500.